The van der Waals surface area contributed by atoms with Crippen molar-refractivity contribution >= 4 is 38.5 Å². The van der Waals surface area contributed by atoms with Crippen molar-refractivity contribution < 1.29 is 27.5 Å². The molecular formula is C36H43N5O6S. The van der Waals surface area contributed by atoms with Crippen LogP contribution in [0.3, 0.4) is 0 Å². The van der Waals surface area contributed by atoms with Crippen LogP contribution in [0.5, 0.6) is 5.75 Å². The number of carbonyl (C=O) groups is 2. The molecule has 1 atom stereocenters. The lowest BCUT2D eigenvalue weighted by Crippen LogP contribution is -2.52. The molecule has 2 aromatic carbocycles. The highest BCUT2D eigenvalue weighted by atomic mass is 32.2. The molecule has 11 nitrogen and oxygen atoms in total. The van der Waals surface area contributed by atoms with E-state index >= 15 is 0 Å². The number of piperazine rings is 1. The smallest absolute Gasteiger partial charge is 0.304 e. The van der Waals surface area contributed by atoms with Gasteiger partial charge in [0.1, 0.15) is 11.2 Å². The summed E-state index contributed by atoms with van der Waals surface area (Å²) in [6.45, 7) is 4.39. The molecule has 2 aliphatic carbocycles. The Bertz CT molecular complexity index is 1930. The highest BCUT2D eigenvalue weighted by Crippen LogP contribution is 2.60. The second-order valence-corrected chi connectivity index (χ2v) is 15.6. The highest BCUT2D eigenvalue weighted by molar-refractivity contribution is 7.87. The number of carbonyl (C=O) groups excluding carboxylic acids is 2. The van der Waals surface area contributed by atoms with Crippen LogP contribution in [0.15, 0.2) is 42.5 Å². The Morgan fingerprint density at radius 2 is 1.69 bits per heavy atom. The molecule has 1 saturated carbocycles. The number of ether oxygens (including phenoxy) is 2. The topological polar surface area (TPSA) is 113 Å². The van der Waals surface area contributed by atoms with Gasteiger partial charge in [-0.2, -0.15) is 12.7 Å². The molecule has 3 aliphatic heterocycles. The van der Waals surface area contributed by atoms with Gasteiger partial charge in [-0.25, -0.2) is 4.72 Å². The number of likely N-dealkylation sites (N-methyl/N-ethyl adjacent to an activating group) is 1. The molecule has 254 valence electrons. The van der Waals surface area contributed by atoms with Gasteiger partial charge in [0.15, 0.2) is 0 Å². The zero-order chi connectivity index (χ0) is 33.2. The highest BCUT2D eigenvalue weighted by Gasteiger charge is 2.56. The Balaban J connectivity index is 1.26. The van der Waals surface area contributed by atoms with E-state index in [1.807, 2.05) is 30.1 Å². The molecule has 3 fully saturated rings. The third-order valence-electron chi connectivity index (χ3n) is 11.1. The van der Waals surface area contributed by atoms with E-state index < -0.39 is 21.5 Å². The van der Waals surface area contributed by atoms with Gasteiger partial charge >= 0.3 is 10.2 Å². The molecule has 2 amide bonds. The molecule has 48 heavy (non-hydrogen) atoms. The number of hydrogen-bond donors (Lipinski definition) is 1. The van der Waals surface area contributed by atoms with Crippen LogP contribution < -0.4 is 9.46 Å². The molecule has 3 aromatic rings. The van der Waals surface area contributed by atoms with Gasteiger partial charge in [-0.05, 0) is 72.8 Å². The van der Waals surface area contributed by atoms with Crippen LogP contribution in [0.1, 0.15) is 59.5 Å². The van der Waals surface area contributed by atoms with Gasteiger partial charge in [0, 0.05) is 67.8 Å². The van der Waals surface area contributed by atoms with Gasteiger partial charge in [0.2, 0.25) is 5.91 Å². The van der Waals surface area contributed by atoms with Crippen molar-refractivity contribution in [3.63, 3.8) is 0 Å². The number of hydrogen-bond acceptors (Lipinski definition) is 7. The number of benzene rings is 2. The third kappa shape index (κ3) is 5.24. The average molecular weight is 674 g/mol. The SMILES string of the molecule is COc1ccc2c(c1)C1=CC1(C(=O)N1CCOCC1)Cn1c-2c(C2CCCCC2)c2ccc(C(=O)NS(=O)(=O)N3CCN(C)CC3)cc21. The normalized spacial score (nSPS) is 23.5. The van der Waals surface area contributed by atoms with Crippen molar-refractivity contribution in [2.45, 2.75) is 44.6 Å². The second kappa shape index (κ2) is 12.0. The van der Waals surface area contributed by atoms with Gasteiger partial charge in [-0.3, -0.25) is 9.59 Å². The van der Waals surface area contributed by atoms with Gasteiger partial charge < -0.3 is 23.8 Å². The number of morpholine rings is 1. The zero-order valence-corrected chi connectivity index (χ0v) is 28.5. The van der Waals surface area contributed by atoms with E-state index in [0.717, 1.165) is 64.7 Å². The summed E-state index contributed by atoms with van der Waals surface area (Å²) in [7, 11) is -0.394. The molecule has 0 radical (unpaired) electrons. The third-order valence-corrected chi connectivity index (χ3v) is 12.5. The predicted molar refractivity (Wildman–Crippen MR) is 183 cm³/mol. The summed E-state index contributed by atoms with van der Waals surface area (Å²) >= 11 is 0. The molecule has 5 aliphatic rings. The van der Waals surface area contributed by atoms with Crippen LogP contribution in [-0.4, -0.2) is 106 Å². The van der Waals surface area contributed by atoms with E-state index in [1.54, 1.807) is 13.2 Å². The Morgan fingerprint density at radius 1 is 0.938 bits per heavy atom. The van der Waals surface area contributed by atoms with Crippen molar-refractivity contribution in [2.75, 3.05) is 66.6 Å². The molecule has 8 rings (SSSR count). The van der Waals surface area contributed by atoms with Crippen molar-refractivity contribution in [1.29, 1.82) is 0 Å². The maximum atomic E-state index is 14.4. The first-order valence-corrected chi connectivity index (χ1v) is 18.6. The summed E-state index contributed by atoms with van der Waals surface area (Å²) in [4.78, 5) is 32.0. The van der Waals surface area contributed by atoms with E-state index in [-0.39, 0.29) is 11.5 Å². The molecule has 1 N–H and O–H groups in total. The molecule has 12 heteroatoms. The molecule has 4 heterocycles. The summed E-state index contributed by atoms with van der Waals surface area (Å²) in [6.07, 6.45) is 7.77. The lowest BCUT2D eigenvalue weighted by atomic mass is 9.81. The van der Waals surface area contributed by atoms with E-state index in [9.17, 15) is 18.0 Å². The predicted octanol–water partition coefficient (Wildman–Crippen LogP) is 3.84. The monoisotopic (exact) mass is 673 g/mol. The van der Waals surface area contributed by atoms with Crippen LogP contribution in [0.25, 0.3) is 27.7 Å². The number of aromatic nitrogens is 1. The Hall–Kier alpha value is -3.71. The number of methoxy groups -OCH3 is 1. The minimum Gasteiger partial charge on any atom is -0.497 e. The number of nitrogens with one attached hydrogen (secondary N) is 1. The van der Waals surface area contributed by atoms with Crippen LogP contribution in [0.4, 0.5) is 0 Å². The molecule has 1 aromatic heterocycles. The molecule has 1 unspecified atom stereocenters. The molecule has 0 spiro atoms. The standard InChI is InChI=1S/C36H43N5O6S/c1-38-12-14-40(15-13-38)48(44,45)37-34(42)25-8-10-28-31(20-25)41-23-36(35(43)39-16-18-47-19-17-39)22-30(36)29-21-26(46-2)9-11-27(29)33(41)32(28)24-6-4-3-5-7-24/h8-11,20-22,24H,3-7,12-19,23H2,1-2H3,(H,37,42). The lowest BCUT2D eigenvalue weighted by molar-refractivity contribution is -0.140. The summed E-state index contributed by atoms with van der Waals surface area (Å²) in [5.41, 5.74) is 5.68. The molecule has 0 bridgehead atoms. The Morgan fingerprint density at radius 3 is 2.42 bits per heavy atom. The van der Waals surface area contributed by atoms with E-state index in [1.165, 1.54) is 16.3 Å². The average Bonchev–Trinajstić information content (AvgIpc) is 3.78. The fraction of sp³-hybridized carbons (Fsp3) is 0.500. The minimum atomic E-state index is -4.01. The van der Waals surface area contributed by atoms with E-state index in [4.69, 9.17) is 9.47 Å². The van der Waals surface area contributed by atoms with Crippen molar-refractivity contribution in [3.8, 4) is 17.0 Å². The maximum Gasteiger partial charge on any atom is 0.304 e. The van der Waals surface area contributed by atoms with Crippen LogP contribution >= 0.6 is 0 Å². The van der Waals surface area contributed by atoms with Crippen molar-refractivity contribution in [3.05, 3.63) is 59.2 Å². The van der Waals surface area contributed by atoms with E-state index in [2.05, 4.69) is 32.4 Å². The van der Waals surface area contributed by atoms with Crippen molar-refractivity contribution in [1.82, 2.24) is 23.4 Å². The quantitative estimate of drug-likeness (QED) is 0.423. The van der Waals surface area contributed by atoms with Gasteiger partial charge in [-0.1, -0.05) is 31.4 Å². The van der Waals surface area contributed by atoms with Crippen LogP contribution in [0, 0.1) is 5.41 Å². The lowest BCUT2D eigenvalue weighted by Gasteiger charge is -2.31. The van der Waals surface area contributed by atoms with Crippen LogP contribution in [0.2, 0.25) is 0 Å². The first-order chi connectivity index (χ1) is 23.2. The second-order valence-electron chi connectivity index (χ2n) is 13.9. The summed E-state index contributed by atoms with van der Waals surface area (Å²) in [5, 5.41) is 1.05. The summed E-state index contributed by atoms with van der Waals surface area (Å²) in [5.74, 6) is 0.474. The van der Waals surface area contributed by atoms with Crippen molar-refractivity contribution in [2.24, 2.45) is 5.41 Å². The largest absolute Gasteiger partial charge is 0.497 e. The summed E-state index contributed by atoms with van der Waals surface area (Å²) in [6, 6.07) is 11.7. The Labute approximate surface area is 281 Å². The number of amides is 2. The fourth-order valence-corrected chi connectivity index (χ4v) is 9.45. The number of rotatable bonds is 6. The molecular weight excluding hydrogens is 630 g/mol. The minimum absolute atomic E-state index is 0.0654. The number of fused-ring (bicyclic) bond motifs is 7. The zero-order valence-electron chi connectivity index (χ0n) is 27.7. The maximum absolute atomic E-state index is 14.4. The fourth-order valence-electron chi connectivity index (χ4n) is 8.33. The van der Waals surface area contributed by atoms with Gasteiger partial charge in [0.05, 0.1) is 26.0 Å². The van der Waals surface area contributed by atoms with Gasteiger partial charge in [-0.15, -0.1) is 0 Å². The van der Waals surface area contributed by atoms with E-state index in [0.29, 0.717) is 64.9 Å². The van der Waals surface area contributed by atoms with Crippen LogP contribution in [-0.2, 0) is 26.3 Å². The first-order valence-electron chi connectivity index (χ1n) is 17.2. The van der Waals surface area contributed by atoms with Gasteiger partial charge in [0.25, 0.3) is 5.91 Å². The Kier molecular flexibility index (Phi) is 7.89. The molecule has 2 saturated heterocycles. The first kappa shape index (κ1) is 31.6. The number of nitrogens with zero attached hydrogens (tertiary/aromatic N) is 4. The summed E-state index contributed by atoms with van der Waals surface area (Å²) < 4.78 is 43.6.